The van der Waals surface area contributed by atoms with Gasteiger partial charge in [-0.3, -0.25) is 9.59 Å². The molecule has 6 heteroatoms. The fourth-order valence-electron chi connectivity index (χ4n) is 1.23. The van der Waals surface area contributed by atoms with Gasteiger partial charge in [-0.15, -0.1) is 12.4 Å². The lowest BCUT2D eigenvalue weighted by Gasteiger charge is -2.21. The van der Waals surface area contributed by atoms with Crippen LogP contribution in [0.25, 0.3) is 0 Å². The maximum absolute atomic E-state index is 11.6. The molecule has 2 amide bonds. The average Bonchev–Trinajstić information content (AvgIpc) is 2.24. The minimum Gasteiger partial charge on any atom is -0.358 e. The molecular weight excluding hydrogens is 230 g/mol. The fraction of sp³-hybridized carbons (Fsp3) is 0.800. The monoisotopic (exact) mass is 251 g/mol. The summed E-state index contributed by atoms with van der Waals surface area (Å²) in [7, 11) is 1.57. The maximum atomic E-state index is 11.6. The average molecular weight is 252 g/mol. The topological polar surface area (TPSA) is 75.4 Å². The number of nitrogens with zero attached hydrogens (tertiary/aromatic N) is 1. The molecule has 0 aliphatic heterocycles. The Balaban J connectivity index is 0. The summed E-state index contributed by atoms with van der Waals surface area (Å²) in [6, 6.07) is 0. The van der Waals surface area contributed by atoms with Crippen LogP contribution in [0.5, 0.6) is 0 Å². The molecule has 0 spiro atoms. The first-order valence-electron chi connectivity index (χ1n) is 5.34. The molecule has 0 aromatic carbocycles. The van der Waals surface area contributed by atoms with Crippen LogP contribution in [-0.2, 0) is 9.59 Å². The first-order valence-corrected chi connectivity index (χ1v) is 5.34. The number of amides is 2. The summed E-state index contributed by atoms with van der Waals surface area (Å²) in [5.41, 5.74) is 5.33. The van der Waals surface area contributed by atoms with E-state index in [0.717, 1.165) is 6.42 Å². The third kappa shape index (κ3) is 7.48. The van der Waals surface area contributed by atoms with Crippen LogP contribution in [0.3, 0.4) is 0 Å². The van der Waals surface area contributed by atoms with Crippen LogP contribution >= 0.6 is 12.4 Å². The minimum atomic E-state index is -0.135. The van der Waals surface area contributed by atoms with Crippen molar-refractivity contribution < 1.29 is 9.59 Å². The van der Waals surface area contributed by atoms with Crippen molar-refractivity contribution in [2.45, 2.75) is 26.2 Å². The molecule has 0 atom stereocenters. The fourth-order valence-corrected chi connectivity index (χ4v) is 1.23. The number of rotatable bonds is 7. The quantitative estimate of drug-likeness (QED) is 0.676. The van der Waals surface area contributed by atoms with Gasteiger partial charge in [0, 0.05) is 20.0 Å². The molecule has 0 aliphatic rings. The van der Waals surface area contributed by atoms with Gasteiger partial charge in [0.05, 0.1) is 6.54 Å². The number of nitrogens with two attached hydrogens (primary N) is 1. The van der Waals surface area contributed by atoms with E-state index < -0.39 is 0 Å². The first kappa shape index (κ1) is 17.6. The van der Waals surface area contributed by atoms with Crippen molar-refractivity contribution in [2.75, 3.05) is 26.7 Å². The van der Waals surface area contributed by atoms with Crippen LogP contribution in [-0.4, -0.2) is 43.4 Å². The van der Waals surface area contributed by atoms with Crippen LogP contribution in [0.2, 0.25) is 0 Å². The molecule has 0 aromatic heterocycles. The molecule has 0 unspecified atom stereocenters. The summed E-state index contributed by atoms with van der Waals surface area (Å²) in [6.45, 7) is 3.25. The van der Waals surface area contributed by atoms with E-state index in [1.807, 2.05) is 6.92 Å². The Morgan fingerprint density at radius 2 is 2.00 bits per heavy atom. The summed E-state index contributed by atoms with van der Waals surface area (Å²) >= 11 is 0. The van der Waals surface area contributed by atoms with E-state index in [9.17, 15) is 9.59 Å². The molecule has 16 heavy (non-hydrogen) atoms. The summed E-state index contributed by atoms with van der Waals surface area (Å²) in [4.78, 5) is 24.4. The van der Waals surface area contributed by atoms with Crippen molar-refractivity contribution in [3.8, 4) is 0 Å². The van der Waals surface area contributed by atoms with Gasteiger partial charge in [-0.05, 0) is 19.4 Å². The van der Waals surface area contributed by atoms with Gasteiger partial charge < -0.3 is 16.0 Å². The highest BCUT2D eigenvalue weighted by Crippen LogP contribution is 1.98. The van der Waals surface area contributed by atoms with Crippen molar-refractivity contribution in [3.63, 3.8) is 0 Å². The second-order valence-electron chi connectivity index (χ2n) is 3.38. The number of carbonyl (C=O) groups is 2. The van der Waals surface area contributed by atoms with Gasteiger partial charge >= 0.3 is 0 Å². The Morgan fingerprint density at radius 1 is 1.38 bits per heavy atom. The van der Waals surface area contributed by atoms with E-state index in [2.05, 4.69) is 5.32 Å². The number of nitrogens with one attached hydrogen (secondary N) is 1. The molecule has 0 bridgehead atoms. The molecule has 0 saturated heterocycles. The SMILES string of the molecule is CCCN(CC(=O)NC)C(=O)CCCN.Cl. The largest absolute Gasteiger partial charge is 0.358 e. The number of hydrogen-bond acceptors (Lipinski definition) is 3. The van der Waals surface area contributed by atoms with E-state index in [4.69, 9.17) is 5.73 Å². The molecule has 0 saturated carbocycles. The zero-order valence-corrected chi connectivity index (χ0v) is 10.8. The number of carbonyl (C=O) groups excluding carboxylic acids is 2. The van der Waals surface area contributed by atoms with Crippen LogP contribution in [0.15, 0.2) is 0 Å². The number of hydrogen-bond donors (Lipinski definition) is 2. The van der Waals surface area contributed by atoms with Crippen LogP contribution in [0, 0.1) is 0 Å². The Morgan fingerprint density at radius 3 is 2.44 bits per heavy atom. The normalized spacial score (nSPS) is 9.19. The van der Waals surface area contributed by atoms with Crippen molar-refractivity contribution in [1.82, 2.24) is 10.2 Å². The number of likely N-dealkylation sites (N-methyl/N-ethyl adjacent to an activating group) is 1. The van der Waals surface area contributed by atoms with Crippen LogP contribution in [0.4, 0.5) is 0 Å². The van der Waals surface area contributed by atoms with Crippen LogP contribution < -0.4 is 11.1 Å². The van der Waals surface area contributed by atoms with Crippen LogP contribution in [0.1, 0.15) is 26.2 Å². The molecule has 0 aromatic rings. The molecule has 0 aliphatic carbocycles. The maximum Gasteiger partial charge on any atom is 0.239 e. The highest BCUT2D eigenvalue weighted by Gasteiger charge is 2.14. The molecule has 0 rings (SSSR count). The summed E-state index contributed by atoms with van der Waals surface area (Å²) in [6.07, 6.45) is 1.95. The molecule has 0 fully saturated rings. The van der Waals surface area contributed by atoms with Crippen molar-refractivity contribution >= 4 is 24.2 Å². The van der Waals surface area contributed by atoms with E-state index >= 15 is 0 Å². The lowest BCUT2D eigenvalue weighted by Crippen LogP contribution is -2.40. The molecule has 96 valence electrons. The predicted molar refractivity (Wildman–Crippen MR) is 66.5 cm³/mol. The molecular formula is C10H22ClN3O2. The minimum absolute atomic E-state index is 0. The van der Waals surface area contributed by atoms with E-state index in [0.29, 0.717) is 25.9 Å². The van der Waals surface area contributed by atoms with Gasteiger partial charge in [0.25, 0.3) is 0 Å². The molecule has 0 heterocycles. The highest BCUT2D eigenvalue weighted by molar-refractivity contribution is 5.85. The third-order valence-electron chi connectivity index (χ3n) is 2.05. The second kappa shape index (κ2) is 10.7. The third-order valence-corrected chi connectivity index (χ3v) is 2.05. The van der Waals surface area contributed by atoms with Gasteiger partial charge in [0.2, 0.25) is 11.8 Å². The van der Waals surface area contributed by atoms with E-state index in [1.54, 1.807) is 11.9 Å². The lowest BCUT2D eigenvalue weighted by atomic mass is 10.2. The summed E-state index contributed by atoms with van der Waals surface area (Å²) in [5.74, 6) is -0.129. The Labute approximate surface area is 103 Å². The van der Waals surface area contributed by atoms with Gasteiger partial charge in [-0.2, -0.15) is 0 Å². The Hall–Kier alpha value is -0.810. The first-order chi connectivity index (χ1) is 7.15. The van der Waals surface area contributed by atoms with Gasteiger partial charge in [-0.25, -0.2) is 0 Å². The van der Waals surface area contributed by atoms with Crippen molar-refractivity contribution in [1.29, 1.82) is 0 Å². The summed E-state index contributed by atoms with van der Waals surface area (Å²) < 4.78 is 0. The van der Waals surface area contributed by atoms with Crippen molar-refractivity contribution in [2.24, 2.45) is 5.73 Å². The predicted octanol–water partition coefficient (Wildman–Crippen LogP) is 0.132. The van der Waals surface area contributed by atoms with E-state index in [1.165, 1.54) is 0 Å². The molecule has 5 nitrogen and oxygen atoms in total. The standard InChI is InChI=1S/C10H21N3O2.ClH/c1-3-7-13(8-9(14)12-2)10(15)5-4-6-11;/h3-8,11H2,1-2H3,(H,12,14);1H. The Kier molecular flexibility index (Phi) is 11.8. The number of halogens is 1. The molecule has 0 radical (unpaired) electrons. The zero-order chi connectivity index (χ0) is 11.7. The van der Waals surface area contributed by atoms with Gasteiger partial charge in [0.15, 0.2) is 0 Å². The smallest absolute Gasteiger partial charge is 0.239 e. The van der Waals surface area contributed by atoms with E-state index in [-0.39, 0.29) is 30.8 Å². The zero-order valence-electron chi connectivity index (χ0n) is 9.99. The highest BCUT2D eigenvalue weighted by atomic mass is 35.5. The van der Waals surface area contributed by atoms with Gasteiger partial charge in [0.1, 0.15) is 0 Å². The summed E-state index contributed by atoms with van der Waals surface area (Å²) in [5, 5.41) is 2.51. The lowest BCUT2D eigenvalue weighted by molar-refractivity contribution is -0.136. The van der Waals surface area contributed by atoms with Gasteiger partial charge in [-0.1, -0.05) is 6.92 Å². The van der Waals surface area contributed by atoms with Crippen molar-refractivity contribution in [3.05, 3.63) is 0 Å². The second-order valence-corrected chi connectivity index (χ2v) is 3.38. The molecule has 3 N–H and O–H groups in total. The Bertz CT molecular complexity index is 212.